The third-order valence-electron chi connectivity index (χ3n) is 5.14. The van der Waals surface area contributed by atoms with Crippen LogP contribution >= 0.6 is 0 Å². The number of carbonyl (C=O) groups excluding carboxylic acids is 3. The number of nitrogens with one attached hydrogen (secondary N) is 1. The van der Waals surface area contributed by atoms with Crippen LogP contribution in [0, 0.1) is 0 Å². The van der Waals surface area contributed by atoms with Gasteiger partial charge in [0, 0.05) is 24.1 Å². The van der Waals surface area contributed by atoms with Gasteiger partial charge in [0.15, 0.2) is 12.4 Å². The zero-order valence-electron chi connectivity index (χ0n) is 18.2. The molecular weight excluding hydrogens is 402 g/mol. The predicted octanol–water partition coefficient (Wildman–Crippen LogP) is 5.45. The highest BCUT2D eigenvalue weighted by atomic mass is 16.5. The van der Waals surface area contributed by atoms with Crippen LogP contribution in [0.25, 0.3) is 11.1 Å². The van der Waals surface area contributed by atoms with Gasteiger partial charge >= 0.3 is 5.97 Å². The van der Waals surface area contributed by atoms with Crippen LogP contribution in [0.15, 0.2) is 78.9 Å². The maximum atomic E-state index is 12.3. The van der Waals surface area contributed by atoms with E-state index in [4.69, 9.17) is 4.74 Å². The highest BCUT2D eigenvalue weighted by Gasteiger charge is 2.12. The third-order valence-corrected chi connectivity index (χ3v) is 5.14. The summed E-state index contributed by atoms with van der Waals surface area (Å²) < 4.78 is 5.09. The van der Waals surface area contributed by atoms with Gasteiger partial charge in [-0.05, 0) is 35.6 Å². The first-order valence-electron chi connectivity index (χ1n) is 10.8. The first kappa shape index (κ1) is 22.9. The number of esters is 1. The fraction of sp³-hybridized carbons (Fsp3) is 0.222. The molecule has 0 spiro atoms. The Morgan fingerprint density at radius 1 is 0.781 bits per heavy atom. The lowest BCUT2D eigenvalue weighted by molar-refractivity contribution is -0.142. The van der Waals surface area contributed by atoms with Crippen LogP contribution in [0.3, 0.4) is 0 Å². The number of amides is 1. The molecule has 0 aliphatic rings. The number of hydrogen-bond donors (Lipinski definition) is 1. The largest absolute Gasteiger partial charge is 0.457 e. The number of aryl methyl sites for hydroxylation is 1. The van der Waals surface area contributed by atoms with Crippen molar-refractivity contribution in [2.45, 2.75) is 32.6 Å². The number of rotatable bonds is 10. The molecule has 164 valence electrons. The van der Waals surface area contributed by atoms with Gasteiger partial charge in [-0.2, -0.15) is 0 Å². The van der Waals surface area contributed by atoms with E-state index in [9.17, 15) is 14.4 Å². The number of Topliss-reactive ketones (excluding diaryl/α,β-unsaturated/α-hetero) is 1. The van der Waals surface area contributed by atoms with E-state index in [1.807, 2.05) is 73.7 Å². The lowest BCUT2D eigenvalue weighted by Crippen LogP contribution is -2.16. The summed E-state index contributed by atoms with van der Waals surface area (Å²) >= 11 is 0. The summed E-state index contributed by atoms with van der Waals surface area (Å²) in [5.74, 6) is -0.888. The molecule has 1 amide bonds. The van der Waals surface area contributed by atoms with Gasteiger partial charge in [-0.25, -0.2) is 0 Å². The minimum atomic E-state index is -0.485. The molecule has 0 heterocycles. The average molecular weight is 430 g/mol. The zero-order valence-corrected chi connectivity index (χ0v) is 18.2. The Balaban J connectivity index is 1.39. The molecule has 0 saturated carbocycles. The van der Waals surface area contributed by atoms with Gasteiger partial charge in [-0.1, -0.05) is 79.7 Å². The number of benzene rings is 3. The molecule has 0 aromatic heterocycles. The minimum Gasteiger partial charge on any atom is -0.457 e. The molecule has 0 aliphatic heterocycles. The molecule has 1 N–H and O–H groups in total. The second-order valence-corrected chi connectivity index (χ2v) is 7.44. The third kappa shape index (κ3) is 6.64. The van der Waals surface area contributed by atoms with Crippen molar-refractivity contribution in [2.75, 3.05) is 11.9 Å². The molecule has 0 bridgehead atoms. The molecule has 3 rings (SSSR count). The van der Waals surface area contributed by atoms with Gasteiger partial charge in [0.1, 0.15) is 0 Å². The van der Waals surface area contributed by atoms with Gasteiger partial charge in [0.2, 0.25) is 5.91 Å². The fourth-order valence-electron chi connectivity index (χ4n) is 3.34. The van der Waals surface area contributed by atoms with E-state index in [0.29, 0.717) is 12.0 Å². The molecule has 5 nitrogen and oxygen atoms in total. The van der Waals surface area contributed by atoms with E-state index in [2.05, 4.69) is 5.32 Å². The number of ketones is 1. The van der Waals surface area contributed by atoms with E-state index in [1.54, 1.807) is 12.1 Å². The van der Waals surface area contributed by atoms with Gasteiger partial charge in [0.05, 0.1) is 0 Å². The van der Waals surface area contributed by atoms with Crippen molar-refractivity contribution >= 4 is 23.3 Å². The second-order valence-electron chi connectivity index (χ2n) is 7.44. The zero-order chi connectivity index (χ0) is 22.8. The van der Waals surface area contributed by atoms with Crippen molar-refractivity contribution < 1.29 is 19.1 Å². The maximum Gasteiger partial charge on any atom is 0.306 e. The standard InChI is InChI=1S/C27H27NO4/c1-2-20-9-6-7-12-24(20)28-26(30)13-8-14-27(31)32-19-25(29)23-17-15-22(16-18-23)21-10-4-3-5-11-21/h3-7,9-12,15-18H,2,8,13-14,19H2,1H3,(H,28,30). The van der Waals surface area contributed by atoms with Crippen molar-refractivity contribution in [1.82, 2.24) is 0 Å². The summed E-state index contributed by atoms with van der Waals surface area (Å²) in [4.78, 5) is 36.4. The van der Waals surface area contributed by atoms with Gasteiger partial charge < -0.3 is 10.1 Å². The van der Waals surface area contributed by atoms with E-state index >= 15 is 0 Å². The molecule has 0 unspecified atom stereocenters. The van der Waals surface area contributed by atoms with Gasteiger partial charge in [-0.15, -0.1) is 0 Å². The highest BCUT2D eigenvalue weighted by molar-refractivity contribution is 5.98. The molecule has 32 heavy (non-hydrogen) atoms. The molecule has 0 radical (unpaired) electrons. The van der Waals surface area contributed by atoms with Crippen molar-refractivity contribution in [3.8, 4) is 11.1 Å². The average Bonchev–Trinajstić information content (AvgIpc) is 2.83. The van der Waals surface area contributed by atoms with E-state index in [-0.39, 0.29) is 31.1 Å². The molecule has 0 saturated heterocycles. The first-order chi connectivity index (χ1) is 15.6. The normalized spacial score (nSPS) is 10.4. The fourth-order valence-corrected chi connectivity index (χ4v) is 3.34. The first-order valence-corrected chi connectivity index (χ1v) is 10.8. The van der Waals surface area contributed by atoms with Crippen molar-refractivity contribution in [3.63, 3.8) is 0 Å². The number of anilines is 1. The Morgan fingerprint density at radius 2 is 1.44 bits per heavy atom. The van der Waals surface area contributed by atoms with Crippen LogP contribution in [0.5, 0.6) is 0 Å². The summed E-state index contributed by atoms with van der Waals surface area (Å²) in [6.07, 6.45) is 1.48. The van der Waals surface area contributed by atoms with E-state index in [1.165, 1.54) is 0 Å². The number of para-hydroxylation sites is 1. The second kappa shape index (κ2) is 11.6. The lowest BCUT2D eigenvalue weighted by Gasteiger charge is -2.09. The number of hydrogen-bond acceptors (Lipinski definition) is 4. The summed E-state index contributed by atoms with van der Waals surface area (Å²) in [5, 5.41) is 2.88. The van der Waals surface area contributed by atoms with Gasteiger partial charge in [0.25, 0.3) is 0 Å². The smallest absolute Gasteiger partial charge is 0.306 e. The number of ether oxygens (including phenoxy) is 1. The molecule has 3 aromatic rings. The van der Waals surface area contributed by atoms with Crippen LogP contribution in [0.4, 0.5) is 5.69 Å². The van der Waals surface area contributed by atoms with Crippen LogP contribution in [0.1, 0.15) is 42.1 Å². The summed E-state index contributed by atoms with van der Waals surface area (Å²) in [7, 11) is 0. The Bertz CT molecular complexity index is 1060. The monoisotopic (exact) mass is 429 g/mol. The van der Waals surface area contributed by atoms with Crippen LogP contribution < -0.4 is 5.32 Å². The summed E-state index contributed by atoms with van der Waals surface area (Å²) in [6.45, 7) is 1.72. The molecule has 0 fully saturated rings. The minimum absolute atomic E-state index is 0.0864. The summed E-state index contributed by atoms with van der Waals surface area (Å²) in [6, 6.07) is 24.7. The highest BCUT2D eigenvalue weighted by Crippen LogP contribution is 2.19. The Hall–Kier alpha value is -3.73. The van der Waals surface area contributed by atoms with E-state index in [0.717, 1.165) is 28.8 Å². The molecular formula is C27H27NO4. The van der Waals surface area contributed by atoms with E-state index < -0.39 is 5.97 Å². The topological polar surface area (TPSA) is 72.5 Å². The van der Waals surface area contributed by atoms with Crippen molar-refractivity contribution in [1.29, 1.82) is 0 Å². The summed E-state index contributed by atoms with van der Waals surface area (Å²) in [5.41, 5.74) is 4.44. The predicted molar refractivity (Wildman–Crippen MR) is 125 cm³/mol. The van der Waals surface area contributed by atoms with Gasteiger partial charge in [-0.3, -0.25) is 14.4 Å². The van der Waals surface area contributed by atoms with Crippen LogP contribution in [0.2, 0.25) is 0 Å². The Morgan fingerprint density at radius 3 is 2.16 bits per heavy atom. The van der Waals surface area contributed by atoms with Crippen molar-refractivity contribution in [3.05, 3.63) is 90.0 Å². The lowest BCUT2D eigenvalue weighted by atomic mass is 10.0. The molecule has 5 heteroatoms. The molecule has 0 atom stereocenters. The maximum absolute atomic E-state index is 12.3. The number of carbonyl (C=O) groups is 3. The van der Waals surface area contributed by atoms with Crippen molar-refractivity contribution in [2.24, 2.45) is 0 Å². The van der Waals surface area contributed by atoms with Crippen LogP contribution in [-0.2, 0) is 20.7 Å². The van der Waals surface area contributed by atoms with Crippen LogP contribution in [-0.4, -0.2) is 24.3 Å². The molecule has 3 aromatic carbocycles. The quantitative estimate of drug-likeness (QED) is 0.344. The Labute approximate surface area is 188 Å². The Kier molecular flexibility index (Phi) is 8.32. The molecule has 0 aliphatic carbocycles. The SMILES string of the molecule is CCc1ccccc1NC(=O)CCCC(=O)OCC(=O)c1ccc(-c2ccccc2)cc1.